The molecule has 0 radical (unpaired) electrons. The van der Waals surface area contributed by atoms with Gasteiger partial charge in [-0.1, -0.05) is 13.2 Å². The standard InChI is InChI=1S/C36H37NO10/c1-4-33(39)45-22-8-6-20-43-28-14-10-26(11-15-28)35(41)37-32-19-18-30(24-31(32)25(3)38)47-36(42)27-12-16-29(17-13-27)44-21-7-9-23-46-34(40)5-2/h4-5,10-19,24H,1-2,6-9,20-23H2,3H3,(H,37,41). The molecule has 0 aliphatic heterocycles. The number of benzene rings is 3. The fourth-order valence-corrected chi connectivity index (χ4v) is 3.99. The maximum atomic E-state index is 12.9. The molecule has 11 nitrogen and oxygen atoms in total. The maximum Gasteiger partial charge on any atom is 0.343 e. The van der Waals surface area contributed by atoms with Crippen LogP contribution in [0.25, 0.3) is 0 Å². The van der Waals surface area contributed by atoms with Crippen LogP contribution in [0.4, 0.5) is 5.69 Å². The molecule has 3 aromatic carbocycles. The maximum absolute atomic E-state index is 12.9. The minimum absolute atomic E-state index is 0.135. The fraction of sp³-hybridized carbons (Fsp3) is 0.250. The van der Waals surface area contributed by atoms with Crippen molar-refractivity contribution in [2.75, 3.05) is 31.7 Å². The van der Waals surface area contributed by atoms with Crippen molar-refractivity contribution in [3.63, 3.8) is 0 Å². The van der Waals surface area contributed by atoms with Crippen LogP contribution < -0.4 is 19.5 Å². The van der Waals surface area contributed by atoms with Crippen molar-refractivity contribution in [1.29, 1.82) is 0 Å². The van der Waals surface area contributed by atoms with Gasteiger partial charge in [-0.2, -0.15) is 0 Å². The first-order valence-corrected chi connectivity index (χ1v) is 14.9. The molecule has 0 fully saturated rings. The number of unbranched alkanes of at least 4 members (excludes halogenated alkanes) is 2. The number of carbonyl (C=O) groups is 5. The quantitative estimate of drug-likeness (QED) is 0.0532. The van der Waals surface area contributed by atoms with Crippen LogP contribution in [0, 0.1) is 0 Å². The Morgan fingerprint density at radius 1 is 0.638 bits per heavy atom. The molecule has 47 heavy (non-hydrogen) atoms. The molecule has 0 aliphatic carbocycles. The molecule has 0 aromatic heterocycles. The third kappa shape index (κ3) is 12.3. The van der Waals surface area contributed by atoms with E-state index in [4.69, 9.17) is 23.7 Å². The van der Waals surface area contributed by atoms with E-state index in [1.807, 2.05) is 0 Å². The molecule has 1 amide bonds. The van der Waals surface area contributed by atoms with Gasteiger partial charge in [0.25, 0.3) is 5.91 Å². The zero-order valence-corrected chi connectivity index (χ0v) is 26.2. The van der Waals surface area contributed by atoms with Gasteiger partial charge in [0.2, 0.25) is 0 Å². The van der Waals surface area contributed by atoms with Crippen LogP contribution in [0.15, 0.2) is 92.0 Å². The van der Waals surface area contributed by atoms with Gasteiger partial charge < -0.3 is 29.0 Å². The van der Waals surface area contributed by atoms with Crippen LogP contribution in [0.3, 0.4) is 0 Å². The number of nitrogens with one attached hydrogen (secondary N) is 1. The Morgan fingerprint density at radius 3 is 1.60 bits per heavy atom. The first kappa shape index (κ1) is 35.8. The van der Waals surface area contributed by atoms with Crippen LogP contribution in [-0.2, 0) is 19.1 Å². The topological polar surface area (TPSA) is 144 Å². The molecule has 3 aromatic rings. The molecule has 0 unspecified atom stereocenters. The lowest BCUT2D eigenvalue weighted by Gasteiger charge is -2.12. The highest BCUT2D eigenvalue weighted by atomic mass is 16.5. The summed E-state index contributed by atoms with van der Waals surface area (Å²) in [6, 6.07) is 17.3. The molecule has 0 spiro atoms. The van der Waals surface area contributed by atoms with Crippen LogP contribution in [0.5, 0.6) is 17.2 Å². The van der Waals surface area contributed by atoms with Crippen molar-refractivity contribution in [3.8, 4) is 17.2 Å². The predicted molar refractivity (Wildman–Crippen MR) is 174 cm³/mol. The zero-order valence-electron chi connectivity index (χ0n) is 26.2. The summed E-state index contributed by atoms with van der Waals surface area (Å²) in [6.45, 7) is 9.40. The van der Waals surface area contributed by atoms with Crippen molar-refractivity contribution in [2.45, 2.75) is 32.6 Å². The van der Waals surface area contributed by atoms with Gasteiger partial charge >= 0.3 is 17.9 Å². The number of hydrogen-bond acceptors (Lipinski definition) is 10. The van der Waals surface area contributed by atoms with Crippen LogP contribution >= 0.6 is 0 Å². The number of hydrogen-bond donors (Lipinski definition) is 1. The fourth-order valence-electron chi connectivity index (χ4n) is 3.99. The van der Waals surface area contributed by atoms with E-state index in [0.717, 1.165) is 12.2 Å². The highest BCUT2D eigenvalue weighted by molar-refractivity contribution is 6.09. The van der Waals surface area contributed by atoms with E-state index in [1.165, 1.54) is 25.1 Å². The van der Waals surface area contributed by atoms with Crippen LogP contribution in [0.2, 0.25) is 0 Å². The highest BCUT2D eigenvalue weighted by Gasteiger charge is 2.16. The monoisotopic (exact) mass is 643 g/mol. The van der Waals surface area contributed by atoms with Gasteiger partial charge in [-0.25, -0.2) is 14.4 Å². The lowest BCUT2D eigenvalue weighted by Crippen LogP contribution is -2.15. The molecule has 0 saturated heterocycles. The molecular formula is C36H37NO10. The summed E-state index contributed by atoms with van der Waals surface area (Å²) >= 11 is 0. The molecule has 3 rings (SSSR count). The Labute approximate surface area is 273 Å². The average Bonchev–Trinajstić information content (AvgIpc) is 3.08. The van der Waals surface area contributed by atoms with Gasteiger partial charge in [-0.15, -0.1) is 0 Å². The summed E-state index contributed by atoms with van der Waals surface area (Å²) in [5.74, 6) is -1.06. The number of esters is 3. The second-order valence-corrected chi connectivity index (χ2v) is 10.0. The zero-order chi connectivity index (χ0) is 34.0. The van der Waals surface area contributed by atoms with Crippen molar-refractivity contribution >= 4 is 35.3 Å². The van der Waals surface area contributed by atoms with E-state index >= 15 is 0 Å². The predicted octanol–water partition coefficient (Wildman–Crippen LogP) is 6.14. The summed E-state index contributed by atoms with van der Waals surface area (Å²) in [6.07, 6.45) is 4.85. The number of carbonyl (C=O) groups excluding carboxylic acids is 5. The normalized spacial score (nSPS) is 10.2. The first-order valence-electron chi connectivity index (χ1n) is 14.9. The highest BCUT2D eigenvalue weighted by Crippen LogP contribution is 2.25. The second kappa shape index (κ2) is 18.9. The summed E-state index contributed by atoms with van der Waals surface area (Å²) in [5.41, 5.74) is 1.06. The smallest absolute Gasteiger partial charge is 0.343 e. The molecule has 246 valence electrons. The van der Waals surface area contributed by atoms with E-state index in [-0.39, 0.29) is 41.6 Å². The number of Topliss-reactive ketones (excluding diaryl/α,β-unsaturated/α-hetero) is 1. The third-order valence-electron chi connectivity index (χ3n) is 6.47. The largest absolute Gasteiger partial charge is 0.494 e. The third-order valence-corrected chi connectivity index (χ3v) is 6.47. The van der Waals surface area contributed by atoms with Gasteiger partial charge in [0.1, 0.15) is 17.2 Å². The van der Waals surface area contributed by atoms with E-state index in [0.29, 0.717) is 56.0 Å². The minimum atomic E-state index is -0.634. The second-order valence-electron chi connectivity index (χ2n) is 10.0. The van der Waals surface area contributed by atoms with Crippen molar-refractivity contribution in [3.05, 3.63) is 109 Å². The number of ketones is 1. The van der Waals surface area contributed by atoms with E-state index in [1.54, 1.807) is 48.5 Å². The molecular weight excluding hydrogens is 606 g/mol. The number of amides is 1. The Hall–Kier alpha value is -5.71. The number of anilines is 1. The number of rotatable bonds is 19. The van der Waals surface area contributed by atoms with Crippen molar-refractivity contribution in [1.82, 2.24) is 0 Å². The average molecular weight is 644 g/mol. The molecule has 0 heterocycles. The molecule has 11 heteroatoms. The Kier molecular flexibility index (Phi) is 14.4. The lowest BCUT2D eigenvalue weighted by molar-refractivity contribution is -0.138. The molecule has 0 atom stereocenters. The van der Waals surface area contributed by atoms with Crippen LogP contribution in [0.1, 0.15) is 63.7 Å². The Morgan fingerprint density at radius 2 is 1.11 bits per heavy atom. The summed E-state index contributed by atoms with van der Waals surface area (Å²) < 4.78 is 26.6. The van der Waals surface area contributed by atoms with Gasteiger partial charge in [0.15, 0.2) is 5.78 Å². The summed E-state index contributed by atoms with van der Waals surface area (Å²) in [4.78, 5) is 60.1. The molecule has 1 N–H and O–H groups in total. The van der Waals surface area contributed by atoms with E-state index in [2.05, 4.69) is 18.5 Å². The first-order chi connectivity index (χ1) is 22.7. The van der Waals surface area contributed by atoms with Gasteiger partial charge in [0, 0.05) is 23.3 Å². The van der Waals surface area contributed by atoms with Gasteiger partial charge in [-0.05, 0) is 99.3 Å². The molecule has 0 saturated carbocycles. The van der Waals surface area contributed by atoms with E-state index in [9.17, 15) is 24.0 Å². The van der Waals surface area contributed by atoms with E-state index < -0.39 is 23.8 Å². The SMILES string of the molecule is C=CC(=O)OCCCCOc1ccc(C(=O)Nc2ccc(OC(=O)c3ccc(OCCCCOC(=O)C=C)cc3)cc2C(C)=O)cc1. The van der Waals surface area contributed by atoms with Crippen molar-refractivity contribution in [2.24, 2.45) is 0 Å². The summed E-state index contributed by atoms with van der Waals surface area (Å²) in [5, 5.41) is 2.73. The Balaban J connectivity index is 1.49. The van der Waals surface area contributed by atoms with Crippen molar-refractivity contribution < 1.29 is 47.7 Å². The summed E-state index contributed by atoms with van der Waals surface area (Å²) in [7, 11) is 0. The number of ether oxygens (including phenoxy) is 5. The van der Waals surface area contributed by atoms with Gasteiger partial charge in [-0.3, -0.25) is 9.59 Å². The van der Waals surface area contributed by atoms with Crippen LogP contribution in [-0.4, -0.2) is 56.0 Å². The Bertz CT molecular complexity index is 1560. The molecule has 0 aliphatic rings. The van der Waals surface area contributed by atoms with Gasteiger partial charge in [0.05, 0.1) is 37.7 Å². The lowest BCUT2D eigenvalue weighted by atomic mass is 10.1. The minimum Gasteiger partial charge on any atom is -0.494 e. The molecule has 0 bridgehead atoms.